The van der Waals surface area contributed by atoms with Crippen LogP contribution in [0.4, 0.5) is 0 Å². The van der Waals surface area contributed by atoms with Crippen molar-refractivity contribution in [2.75, 3.05) is 0 Å². The summed E-state index contributed by atoms with van der Waals surface area (Å²) in [5, 5.41) is 0. The minimum atomic E-state index is 0.0187. The van der Waals surface area contributed by atoms with Gasteiger partial charge >= 0.3 is 0 Å². The molecule has 0 heterocycles. The standard InChI is InChI=1S/C24H46N2O2/c1-17(15-23(3,4)5)13-21(27)26(20-11-9-19(25)10-12-20)22(28)14-18(2)16-24(6,7)8/h17-20H,9-16,25H2,1-8H3. The number of carbonyl (C=O) groups is 2. The molecule has 1 aliphatic carbocycles. The van der Waals surface area contributed by atoms with Crippen molar-refractivity contribution in [2.24, 2.45) is 28.4 Å². The van der Waals surface area contributed by atoms with Crippen LogP contribution in [0.1, 0.15) is 107 Å². The first-order chi connectivity index (χ1) is 12.7. The normalized spacial score (nSPS) is 23.2. The van der Waals surface area contributed by atoms with E-state index < -0.39 is 0 Å². The summed E-state index contributed by atoms with van der Waals surface area (Å²) in [4.78, 5) is 28.0. The first kappa shape index (κ1) is 25.1. The lowest BCUT2D eigenvalue weighted by atomic mass is 9.83. The monoisotopic (exact) mass is 394 g/mol. The van der Waals surface area contributed by atoms with Gasteiger partial charge in [-0.05, 0) is 61.2 Å². The van der Waals surface area contributed by atoms with E-state index in [1.54, 1.807) is 4.90 Å². The van der Waals surface area contributed by atoms with Gasteiger partial charge in [-0.2, -0.15) is 0 Å². The SMILES string of the molecule is CC(CC(=O)N(C(=O)CC(C)CC(C)(C)C)C1CCC(N)CC1)CC(C)(C)C. The average molecular weight is 395 g/mol. The van der Waals surface area contributed by atoms with Gasteiger partial charge in [0.05, 0.1) is 0 Å². The van der Waals surface area contributed by atoms with Gasteiger partial charge in [0.2, 0.25) is 11.8 Å². The molecule has 2 atom stereocenters. The lowest BCUT2D eigenvalue weighted by Crippen LogP contribution is -2.48. The Morgan fingerprint density at radius 3 is 1.50 bits per heavy atom. The van der Waals surface area contributed by atoms with Crippen molar-refractivity contribution in [2.45, 2.75) is 119 Å². The third-order valence-electron chi connectivity index (χ3n) is 5.61. The van der Waals surface area contributed by atoms with Gasteiger partial charge in [-0.15, -0.1) is 0 Å². The van der Waals surface area contributed by atoms with E-state index in [0.29, 0.717) is 12.8 Å². The fraction of sp³-hybridized carbons (Fsp3) is 0.917. The molecule has 0 aliphatic heterocycles. The molecule has 4 heteroatoms. The topological polar surface area (TPSA) is 63.4 Å². The highest BCUT2D eigenvalue weighted by molar-refractivity contribution is 5.95. The molecule has 0 saturated heterocycles. The summed E-state index contributed by atoms with van der Waals surface area (Å²) in [6.07, 6.45) is 6.37. The van der Waals surface area contributed by atoms with Crippen molar-refractivity contribution in [3.63, 3.8) is 0 Å². The molecule has 4 nitrogen and oxygen atoms in total. The van der Waals surface area contributed by atoms with Crippen LogP contribution >= 0.6 is 0 Å². The highest BCUT2D eigenvalue weighted by Gasteiger charge is 2.34. The number of carbonyl (C=O) groups excluding carboxylic acids is 2. The third-order valence-corrected chi connectivity index (χ3v) is 5.61. The van der Waals surface area contributed by atoms with Crippen LogP contribution in [0, 0.1) is 22.7 Å². The fourth-order valence-corrected chi connectivity index (χ4v) is 4.93. The molecule has 0 radical (unpaired) electrons. The molecule has 1 saturated carbocycles. The lowest BCUT2D eigenvalue weighted by molar-refractivity contribution is -0.149. The van der Waals surface area contributed by atoms with Gasteiger partial charge in [0.1, 0.15) is 0 Å². The summed E-state index contributed by atoms with van der Waals surface area (Å²) in [6.45, 7) is 17.5. The lowest BCUT2D eigenvalue weighted by Gasteiger charge is -2.36. The van der Waals surface area contributed by atoms with Crippen LogP contribution in [-0.4, -0.2) is 28.8 Å². The maximum Gasteiger partial charge on any atom is 0.229 e. The van der Waals surface area contributed by atoms with Crippen LogP contribution in [0.25, 0.3) is 0 Å². The van der Waals surface area contributed by atoms with Crippen molar-refractivity contribution in [1.29, 1.82) is 0 Å². The summed E-state index contributed by atoms with van der Waals surface area (Å²) in [5.74, 6) is 0.594. The molecule has 0 spiro atoms. The number of hydrogen-bond acceptors (Lipinski definition) is 3. The number of rotatable bonds is 7. The van der Waals surface area contributed by atoms with Crippen LogP contribution in [0.3, 0.4) is 0 Å². The van der Waals surface area contributed by atoms with Crippen LogP contribution < -0.4 is 5.73 Å². The molecule has 2 unspecified atom stereocenters. The Hall–Kier alpha value is -0.900. The fourth-order valence-electron chi connectivity index (χ4n) is 4.93. The molecule has 0 aromatic carbocycles. The highest BCUT2D eigenvalue weighted by atomic mass is 16.2. The zero-order chi connectivity index (χ0) is 21.7. The Balaban J connectivity index is 2.86. The van der Waals surface area contributed by atoms with Gasteiger partial charge in [0.25, 0.3) is 0 Å². The molecule has 0 aromatic rings. The highest BCUT2D eigenvalue weighted by Crippen LogP contribution is 2.30. The largest absolute Gasteiger partial charge is 0.328 e. The molecule has 1 fully saturated rings. The molecule has 164 valence electrons. The molecule has 1 aliphatic rings. The Morgan fingerprint density at radius 2 is 1.18 bits per heavy atom. The number of nitrogens with two attached hydrogens (primary N) is 1. The minimum Gasteiger partial charge on any atom is -0.328 e. The second-order valence-corrected chi connectivity index (χ2v) is 11.9. The molecular formula is C24H46N2O2. The Kier molecular flexibility index (Phi) is 9.18. The average Bonchev–Trinajstić information content (AvgIpc) is 2.45. The van der Waals surface area contributed by atoms with E-state index in [1.165, 1.54) is 0 Å². The van der Waals surface area contributed by atoms with E-state index >= 15 is 0 Å². The summed E-state index contributed by atoms with van der Waals surface area (Å²) in [7, 11) is 0. The van der Waals surface area contributed by atoms with Gasteiger partial charge < -0.3 is 5.73 Å². The number of amides is 2. The maximum atomic E-state index is 13.2. The van der Waals surface area contributed by atoms with E-state index in [9.17, 15) is 9.59 Å². The molecular weight excluding hydrogens is 348 g/mol. The van der Waals surface area contributed by atoms with Crippen molar-refractivity contribution < 1.29 is 9.59 Å². The Morgan fingerprint density at radius 1 is 0.821 bits per heavy atom. The van der Waals surface area contributed by atoms with E-state index in [-0.39, 0.29) is 46.6 Å². The Bertz CT molecular complexity index is 472. The van der Waals surface area contributed by atoms with Gasteiger partial charge in [0, 0.05) is 24.9 Å². The third kappa shape index (κ3) is 9.54. The second kappa shape index (κ2) is 10.2. The van der Waals surface area contributed by atoms with Gasteiger partial charge in [0.15, 0.2) is 0 Å². The predicted molar refractivity (Wildman–Crippen MR) is 118 cm³/mol. The minimum absolute atomic E-state index is 0.0187. The van der Waals surface area contributed by atoms with E-state index in [1.807, 2.05) is 0 Å². The van der Waals surface area contributed by atoms with E-state index in [0.717, 1.165) is 38.5 Å². The molecule has 1 rings (SSSR count). The van der Waals surface area contributed by atoms with Crippen molar-refractivity contribution in [3.8, 4) is 0 Å². The van der Waals surface area contributed by atoms with Crippen LogP contribution in [0.15, 0.2) is 0 Å². The van der Waals surface area contributed by atoms with Crippen molar-refractivity contribution in [3.05, 3.63) is 0 Å². The first-order valence-corrected chi connectivity index (χ1v) is 11.3. The number of imide groups is 1. The van der Waals surface area contributed by atoms with Gasteiger partial charge in [-0.3, -0.25) is 14.5 Å². The number of nitrogens with zero attached hydrogens (tertiary/aromatic N) is 1. The van der Waals surface area contributed by atoms with Crippen LogP contribution in [-0.2, 0) is 9.59 Å². The Labute approximate surface area is 174 Å². The first-order valence-electron chi connectivity index (χ1n) is 11.3. The molecule has 28 heavy (non-hydrogen) atoms. The summed E-state index contributed by atoms with van der Waals surface area (Å²) in [5.41, 5.74) is 6.44. The maximum absolute atomic E-state index is 13.2. The summed E-state index contributed by atoms with van der Waals surface area (Å²) < 4.78 is 0. The quantitative estimate of drug-likeness (QED) is 0.617. The molecule has 2 N–H and O–H groups in total. The van der Waals surface area contributed by atoms with Crippen molar-refractivity contribution in [1.82, 2.24) is 4.90 Å². The van der Waals surface area contributed by atoms with Crippen molar-refractivity contribution >= 4 is 11.8 Å². The van der Waals surface area contributed by atoms with Gasteiger partial charge in [-0.25, -0.2) is 0 Å². The van der Waals surface area contributed by atoms with E-state index in [4.69, 9.17) is 5.73 Å². The second-order valence-electron chi connectivity index (χ2n) is 11.9. The van der Waals surface area contributed by atoms with Crippen LogP contribution in [0.5, 0.6) is 0 Å². The molecule has 0 bridgehead atoms. The summed E-state index contributed by atoms with van der Waals surface area (Å²) >= 11 is 0. The van der Waals surface area contributed by atoms with Gasteiger partial charge in [-0.1, -0.05) is 55.4 Å². The zero-order valence-electron chi connectivity index (χ0n) is 19.8. The van der Waals surface area contributed by atoms with Crippen LogP contribution in [0.2, 0.25) is 0 Å². The number of hydrogen-bond donors (Lipinski definition) is 1. The predicted octanol–water partition coefficient (Wildman–Crippen LogP) is 5.54. The summed E-state index contributed by atoms with van der Waals surface area (Å²) in [6, 6.07) is 0.242. The molecule has 0 aromatic heterocycles. The molecule has 2 amide bonds. The zero-order valence-corrected chi connectivity index (χ0v) is 19.8. The van der Waals surface area contributed by atoms with E-state index in [2.05, 4.69) is 55.4 Å². The smallest absolute Gasteiger partial charge is 0.229 e.